The van der Waals surface area contributed by atoms with Gasteiger partial charge in [0, 0.05) is 28.7 Å². The maximum absolute atomic E-state index is 13.0. The van der Waals surface area contributed by atoms with E-state index in [4.69, 9.17) is 0 Å². The summed E-state index contributed by atoms with van der Waals surface area (Å²) in [6.07, 6.45) is 7.82. The van der Waals surface area contributed by atoms with Crippen molar-refractivity contribution >= 4 is 35.3 Å². The topological polar surface area (TPSA) is 91.4 Å². The molecule has 2 fully saturated rings. The minimum Gasteiger partial charge on any atom is -0.325 e. The Balaban J connectivity index is 1.30. The summed E-state index contributed by atoms with van der Waals surface area (Å²) in [6, 6.07) is 11.0. The van der Waals surface area contributed by atoms with Crippen LogP contribution >= 0.6 is 11.8 Å². The van der Waals surface area contributed by atoms with E-state index in [1.165, 1.54) is 0 Å². The molecule has 1 saturated heterocycles. The lowest BCUT2D eigenvalue weighted by atomic mass is 9.75. The predicted octanol–water partition coefficient (Wildman–Crippen LogP) is 4.20. The molecule has 7 nitrogen and oxygen atoms in total. The van der Waals surface area contributed by atoms with Crippen LogP contribution in [-0.4, -0.2) is 39.8 Å². The zero-order valence-corrected chi connectivity index (χ0v) is 19.0. The van der Waals surface area contributed by atoms with E-state index in [0.29, 0.717) is 24.4 Å². The number of urea groups is 1. The van der Waals surface area contributed by atoms with Crippen molar-refractivity contribution in [2.24, 2.45) is 5.92 Å². The van der Waals surface area contributed by atoms with Crippen LogP contribution in [0.5, 0.6) is 0 Å². The SMILES string of the molecule is CCC1CCC2(CC1)NC(=O)N(CC(=O)Nc1ccc(SCc3cccnc3)cc1)C2=O. The Morgan fingerprint density at radius 2 is 1.97 bits per heavy atom. The fraction of sp³-hybridized carbons (Fsp3) is 0.417. The molecule has 32 heavy (non-hydrogen) atoms. The van der Waals surface area contributed by atoms with E-state index >= 15 is 0 Å². The zero-order valence-electron chi connectivity index (χ0n) is 18.2. The number of carbonyl (C=O) groups is 3. The zero-order chi connectivity index (χ0) is 22.6. The van der Waals surface area contributed by atoms with Gasteiger partial charge in [-0.2, -0.15) is 0 Å². The van der Waals surface area contributed by atoms with Gasteiger partial charge in [0.2, 0.25) is 5.91 Å². The van der Waals surface area contributed by atoms with Gasteiger partial charge in [0.15, 0.2) is 0 Å². The van der Waals surface area contributed by atoms with Crippen LogP contribution in [0.1, 0.15) is 44.6 Å². The van der Waals surface area contributed by atoms with E-state index < -0.39 is 11.6 Å². The fourth-order valence-corrected chi connectivity index (χ4v) is 5.20. The number of benzene rings is 1. The van der Waals surface area contributed by atoms with Crippen molar-refractivity contribution in [3.05, 3.63) is 54.4 Å². The number of imide groups is 1. The minimum absolute atomic E-state index is 0.269. The van der Waals surface area contributed by atoms with Crippen LogP contribution in [0.15, 0.2) is 53.7 Å². The molecule has 0 radical (unpaired) electrons. The van der Waals surface area contributed by atoms with Crippen molar-refractivity contribution in [2.75, 3.05) is 11.9 Å². The minimum atomic E-state index is -0.823. The van der Waals surface area contributed by atoms with Crippen LogP contribution in [0.4, 0.5) is 10.5 Å². The highest BCUT2D eigenvalue weighted by molar-refractivity contribution is 7.98. The average molecular weight is 453 g/mol. The van der Waals surface area contributed by atoms with E-state index in [1.807, 2.05) is 42.6 Å². The molecular formula is C24H28N4O3S. The Morgan fingerprint density at radius 1 is 1.22 bits per heavy atom. The first kappa shape index (κ1) is 22.3. The number of aromatic nitrogens is 1. The summed E-state index contributed by atoms with van der Waals surface area (Å²) < 4.78 is 0. The van der Waals surface area contributed by atoms with Crippen LogP contribution < -0.4 is 10.6 Å². The lowest BCUT2D eigenvalue weighted by Crippen LogP contribution is -2.49. The van der Waals surface area contributed by atoms with Gasteiger partial charge in [-0.05, 0) is 67.5 Å². The Labute approximate surface area is 192 Å². The third-order valence-electron chi connectivity index (χ3n) is 6.35. The number of anilines is 1. The second-order valence-corrected chi connectivity index (χ2v) is 9.53. The van der Waals surface area contributed by atoms with Gasteiger partial charge in [0.05, 0.1) is 0 Å². The second kappa shape index (κ2) is 9.73. The van der Waals surface area contributed by atoms with Gasteiger partial charge < -0.3 is 10.6 Å². The van der Waals surface area contributed by atoms with E-state index in [9.17, 15) is 14.4 Å². The highest BCUT2D eigenvalue weighted by atomic mass is 32.2. The molecule has 2 heterocycles. The van der Waals surface area contributed by atoms with E-state index in [1.54, 1.807) is 18.0 Å². The highest BCUT2D eigenvalue weighted by Crippen LogP contribution is 2.37. The number of amides is 4. The first-order chi connectivity index (χ1) is 15.5. The molecule has 0 atom stereocenters. The van der Waals surface area contributed by atoms with Crippen molar-refractivity contribution in [2.45, 2.75) is 55.2 Å². The predicted molar refractivity (Wildman–Crippen MR) is 124 cm³/mol. The largest absolute Gasteiger partial charge is 0.325 e. The Morgan fingerprint density at radius 3 is 2.62 bits per heavy atom. The maximum atomic E-state index is 13.0. The molecule has 2 aromatic rings. The Kier molecular flexibility index (Phi) is 6.79. The molecule has 1 aromatic heterocycles. The molecule has 4 rings (SSSR count). The van der Waals surface area contributed by atoms with Gasteiger partial charge in [-0.15, -0.1) is 11.8 Å². The first-order valence-corrected chi connectivity index (χ1v) is 12.0. The third kappa shape index (κ3) is 4.96. The summed E-state index contributed by atoms with van der Waals surface area (Å²) in [6.45, 7) is 1.88. The molecule has 0 bridgehead atoms. The average Bonchev–Trinajstić information content (AvgIpc) is 3.04. The molecule has 1 saturated carbocycles. The molecule has 8 heteroatoms. The summed E-state index contributed by atoms with van der Waals surface area (Å²) in [4.78, 5) is 44.2. The van der Waals surface area contributed by atoms with Crippen LogP contribution in [0.3, 0.4) is 0 Å². The summed E-state index contributed by atoms with van der Waals surface area (Å²) in [5, 5.41) is 5.65. The first-order valence-electron chi connectivity index (χ1n) is 11.0. The number of thioether (sulfide) groups is 1. The van der Waals surface area contributed by atoms with E-state index in [2.05, 4.69) is 22.5 Å². The molecule has 2 aliphatic rings. The normalized spacial score (nSPS) is 22.8. The van der Waals surface area contributed by atoms with Crippen molar-refractivity contribution in [3.63, 3.8) is 0 Å². The van der Waals surface area contributed by atoms with Gasteiger partial charge in [-0.3, -0.25) is 19.5 Å². The standard InChI is InChI=1S/C24H28N4O3S/c1-2-17-9-11-24(12-10-17)22(30)28(23(31)27-24)15-21(29)26-19-5-7-20(8-6-19)32-16-18-4-3-13-25-14-18/h3-8,13-14,17H,2,9-12,15-16H2,1H3,(H,26,29)(H,27,31). The monoisotopic (exact) mass is 452 g/mol. The van der Waals surface area contributed by atoms with Crippen molar-refractivity contribution in [1.82, 2.24) is 15.2 Å². The number of hydrogen-bond donors (Lipinski definition) is 2. The number of nitrogens with zero attached hydrogens (tertiary/aromatic N) is 2. The highest BCUT2D eigenvalue weighted by Gasteiger charge is 2.52. The van der Waals surface area contributed by atoms with Crippen molar-refractivity contribution < 1.29 is 14.4 Å². The third-order valence-corrected chi connectivity index (χ3v) is 7.43. The molecule has 168 valence electrons. The summed E-state index contributed by atoms with van der Waals surface area (Å²) in [5.74, 6) is 0.762. The number of pyridine rings is 1. The second-order valence-electron chi connectivity index (χ2n) is 8.48. The molecule has 0 unspecified atom stereocenters. The van der Waals surface area contributed by atoms with Gasteiger partial charge in [-0.25, -0.2) is 4.79 Å². The van der Waals surface area contributed by atoms with Crippen LogP contribution in [-0.2, 0) is 15.3 Å². The summed E-state index contributed by atoms with van der Waals surface area (Å²) >= 11 is 1.68. The molecule has 4 amide bonds. The Hall–Kier alpha value is -2.87. The van der Waals surface area contributed by atoms with Gasteiger partial charge in [0.25, 0.3) is 5.91 Å². The van der Waals surface area contributed by atoms with E-state index in [-0.39, 0.29) is 18.4 Å². The van der Waals surface area contributed by atoms with E-state index in [0.717, 1.165) is 40.4 Å². The summed E-state index contributed by atoms with van der Waals surface area (Å²) in [7, 11) is 0. The molecule has 2 N–H and O–H groups in total. The number of hydrogen-bond acceptors (Lipinski definition) is 5. The number of carbonyl (C=O) groups excluding carboxylic acids is 3. The Bertz CT molecular complexity index is 972. The van der Waals surface area contributed by atoms with Gasteiger partial charge >= 0.3 is 6.03 Å². The molecule has 1 spiro atoms. The van der Waals surface area contributed by atoms with Crippen LogP contribution in [0, 0.1) is 5.92 Å². The number of rotatable bonds is 7. The maximum Gasteiger partial charge on any atom is 0.325 e. The smallest absolute Gasteiger partial charge is 0.325 e. The molecule has 1 aliphatic carbocycles. The quantitative estimate of drug-likeness (QED) is 0.485. The lowest BCUT2D eigenvalue weighted by molar-refractivity contribution is -0.135. The summed E-state index contributed by atoms with van der Waals surface area (Å²) in [5.41, 5.74) is 0.950. The van der Waals surface area contributed by atoms with Gasteiger partial charge in [-0.1, -0.05) is 19.4 Å². The number of nitrogens with one attached hydrogen (secondary N) is 2. The molecule has 1 aliphatic heterocycles. The van der Waals surface area contributed by atoms with Gasteiger partial charge in [0.1, 0.15) is 12.1 Å². The lowest BCUT2D eigenvalue weighted by Gasteiger charge is -2.34. The molecular weight excluding hydrogens is 424 g/mol. The van der Waals surface area contributed by atoms with Crippen LogP contribution in [0.2, 0.25) is 0 Å². The molecule has 1 aromatic carbocycles. The van der Waals surface area contributed by atoms with Crippen molar-refractivity contribution in [1.29, 1.82) is 0 Å². The van der Waals surface area contributed by atoms with Crippen LogP contribution in [0.25, 0.3) is 0 Å². The van der Waals surface area contributed by atoms with Crippen molar-refractivity contribution in [3.8, 4) is 0 Å². The fourth-order valence-electron chi connectivity index (χ4n) is 4.37.